The molecule has 3 aromatic carbocycles. The maximum atomic E-state index is 13.1. The van der Waals surface area contributed by atoms with Gasteiger partial charge in [-0.15, -0.1) is 11.3 Å². The van der Waals surface area contributed by atoms with Gasteiger partial charge in [-0.1, -0.05) is 30.3 Å². The molecular formula is C24H22N2O4S2. The van der Waals surface area contributed by atoms with Crippen LogP contribution < -0.4 is 14.4 Å². The molecule has 6 nitrogen and oxygen atoms in total. The van der Waals surface area contributed by atoms with Crippen LogP contribution in [0.5, 0.6) is 5.75 Å². The minimum atomic E-state index is -3.82. The molecule has 0 saturated heterocycles. The Morgan fingerprint density at radius 2 is 1.69 bits per heavy atom. The summed E-state index contributed by atoms with van der Waals surface area (Å²) < 4.78 is 33.7. The van der Waals surface area contributed by atoms with Crippen LogP contribution in [-0.4, -0.2) is 28.5 Å². The summed E-state index contributed by atoms with van der Waals surface area (Å²) in [5.74, 6) is 0.192. The molecule has 1 amide bonds. The number of hydrogen-bond donors (Lipinski definition) is 1. The number of carbonyl (C=O) groups excluding carboxylic acids is 1. The number of anilines is 1. The number of fused-ring (bicyclic) bond motifs is 1. The third kappa shape index (κ3) is 4.19. The Kier molecular flexibility index (Phi) is 6.16. The highest BCUT2D eigenvalue weighted by Crippen LogP contribution is 2.31. The third-order valence-corrected chi connectivity index (χ3v) is 8.00. The van der Waals surface area contributed by atoms with Gasteiger partial charge >= 0.3 is 0 Å². The van der Waals surface area contributed by atoms with E-state index in [1.54, 1.807) is 35.6 Å². The van der Waals surface area contributed by atoms with Gasteiger partial charge in [0.2, 0.25) is 0 Å². The molecule has 4 aromatic rings. The average molecular weight is 467 g/mol. The van der Waals surface area contributed by atoms with Gasteiger partial charge in [0, 0.05) is 23.9 Å². The second-order valence-electron chi connectivity index (χ2n) is 7.11. The van der Waals surface area contributed by atoms with Crippen LogP contribution in [0.15, 0.2) is 83.1 Å². The Hall–Kier alpha value is -3.36. The van der Waals surface area contributed by atoms with Crippen molar-refractivity contribution < 1.29 is 17.9 Å². The number of thiophene rings is 1. The fraction of sp³-hybridized carbons (Fsp3) is 0.125. The quantitative estimate of drug-likeness (QED) is 0.430. The van der Waals surface area contributed by atoms with E-state index in [1.165, 1.54) is 47.4 Å². The zero-order valence-electron chi connectivity index (χ0n) is 17.6. The van der Waals surface area contributed by atoms with Crippen molar-refractivity contribution in [3.63, 3.8) is 0 Å². The molecule has 0 aliphatic heterocycles. The Morgan fingerprint density at radius 3 is 2.44 bits per heavy atom. The number of methoxy groups -OCH3 is 1. The van der Waals surface area contributed by atoms with Crippen molar-refractivity contribution >= 4 is 43.0 Å². The van der Waals surface area contributed by atoms with Crippen LogP contribution in [-0.2, 0) is 16.6 Å². The second-order valence-corrected chi connectivity index (χ2v) is 9.99. The predicted octanol–water partition coefficient (Wildman–Crippen LogP) is 4.67. The van der Waals surface area contributed by atoms with E-state index in [-0.39, 0.29) is 10.8 Å². The number of ether oxygens (including phenoxy) is 1. The number of sulfonamides is 1. The fourth-order valence-electron chi connectivity index (χ4n) is 3.40. The maximum Gasteiger partial charge on any atom is 0.264 e. The lowest BCUT2D eigenvalue weighted by Crippen LogP contribution is -2.27. The van der Waals surface area contributed by atoms with Crippen molar-refractivity contribution in [2.45, 2.75) is 11.4 Å². The molecule has 4 rings (SSSR count). The molecule has 1 N–H and O–H groups in total. The van der Waals surface area contributed by atoms with Gasteiger partial charge in [-0.25, -0.2) is 8.42 Å². The molecule has 0 aliphatic rings. The first-order valence-electron chi connectivity index (χ1n) is 9.87. The first-order valence-corrected chi connectivity index (χ1v) is 12.2. The molecule has 164 valence electrons. The van der Waals surface area contributed by atoms with Crippen LogP contribution in [0.1, 0.15) is 15.9 Å². The van der Waals surface area contributed by atoms with Crippen LogP contribution in [0, 0.1) is 0 Å². The average Bonchev–Trinajstić information content (AvgIpc) is 3.25. The minimum Gasteiger partial charge on any atom is -0.495 e. The van der Waals surface area contributed by atoms with Gasteiger partial charge in [-0.05, 0) is 58.8 Å². The number of nitrogens with one attached hydrogen (secondary N) is 1. The molecule has 0 unspecified atom stereocenters. The number of carbonyl (C=O) groups is 1. The van der Waals surface area contributed by atoms with Crippen LogP contribution in [0.2, 0.25) is 0 Å². The lowest BCUT2D eigenvalue weighted by atomic mass is 10.1. The van der Waals surface area contributed by atoms with Gasteiger partial charge in [0.05, 0.1) is 17.7 Å². The van der Waals surface area contributed by atoms with Crippen LogP contribution in [0.4, 0.5) is 5.69 Å². The molecule has 0 fully saturated rings. The molecule has 0 bridgehead atoms. The van der Waals surface area contributed by atoms with Crippen molar-refractivity contribution in [1.29, 1.82) is 0 Å². The van der Waals surface area contributed by atoms with E-state index in [4.69, 9.17) is 4.74 Å². The van der Waals surface area contributed by atoms with Crippen molar-refractivity contribution in [1.82, 2.24) is 5.32 Å². The Bertz CT molecular complexity index is 1360. The molecule has 0 spiro atoms. The summed E-state index contributed by atoms with van der Waals surface area (Å²) in [6.07, 6.45) is 0. The van der Waals surface area contributed by atoms with Crippen molar-refractivity contribution in [3.05, 3.63) is 89.3 Å². The summed E-state index contributed by atoms with van der Waals surface area (Å²) >= 11 is 1.64. The van der Waals surface area contributed by atoms with Crippen LogP contribution >= 0.6 is 11.3 Å². The molecule has 1 aromatic heterocycles. The van der Waals surface area contributed by atoms with E-state index in [9.17, 15) is 13.2 Å². The van der Waals surface area contributed by atoms with Crippen molar-refractivity contribution in [2.75, 3.05) is 18.5 Å². The highest BCUT2D eigenvalue weighted by atomic mass is 32.2. The van der Waals surface area contributed by atoms with E-state index >= 15 is 0 Å². The number of rotatable bonds is 7. The summed E-state index contributed by atoms with van der Waals surface area (Å²) in [5, 5.41) is 6.07. The SMILES string of the molecule is COc1ccccc1N(C)S(=O)(=O)c1ccc(C(=O)NCc2csc3ccccc23)cc1. The Balaban J connectivity index is 1.48. The maximum absolute atomic E-state index is 13.1. The smallest absolute Gasteiger partial charge is 0.264 e. The van der Waals surface area contributed by atoms with Gasteiger partial charge in [0.15, 0.2) is 0 Å². The van der Waals surface area contributed by atoms with Gasteiger partial charge in [-0.3, -0.25) is 9.10 Å². The zero-order valence-corrected chi connectivity index (χ0v) is 19.2. The molecule has 8 heteroatoms. The van der Waals surface area contributed by atoms with E-state index in [1.807, 2.05) is 29.6 Å². The number of nitrogens with zero attached hydrogens (tertiary/aromatic N) is 1. The summed E-state index contributed by atoms with van der Waals surface area (Å²) in [6, 6.07) is 20.8. The summed E-state index contributed by atoms with van der Waals surface area (Å²) in [4.78, 5) is 12.7. The first-order chi connectivity index (χ1) is 15.4. The largest absolute Gasteiger partial charge is 0.495 e. The number of benzene rings is 3. The second kappa shape index (κ2) is 9.02. The number of para-hydroxylation sites is 2. The van der Waals surface area contributed by atoms with E-state index < -0.39 is 10.0 Å². The molecule has 1 heterocycles. The van der Waals surface area contributed by atoms with Gasteiger partial charge in [-0.2, -0.15) is 0 Å². The molecule has 32 heavy (non-hydrogen) atoms. The highest BCUT2D eigenvalue weighted by Gasteiger charge is 2.24. The predicted molar refractivity (Wildman–Crippen MR) is 128 cm³/mol. The number of hydrogen-bond acceptors (Lipinski definition) is 5. The zero-order chi connectivity index (χ0) is 22.7. The molecule has 0 aliphatic carbocycles. The molecule has 0 radical (unpaired) electrons. The summed E-state index contributed by atoms with van der Waals surface area (Å²) in [6.45, 7) is 0.402. The third-order valence-electron chi connectivity index (χ3n) is 5.20. The van der Waals surface area contributed by atoms with Crippen molar-refractivity contribution in [3.8, 4) is 5.75 Å². The standard InChI is InChI=1S/C24H22N2O4S2/c1-26(21-8-4-5-9-22(21)30-2)32(28,29)19-13-11-17(12-14-19)24(27)25-15-18-16-31-23-10-6-3-7-20(18)23/h3-14,16H,15H2,1-2H3,(H,25,27). The summed E-state index contributed by atoms with van der Waals surface area (Å²) in [5.41, 5.74) is 1.87. The lowest BCUT2D eigenvalue weighted by Gasteiger charge is -2.21. The highest BCUT2D eigenvalue weighted by molar-refractivity contribution is 7.92. The molecule has 0 atom stereocenters. The van der Waals surface area contributed by atoms with Crippen molar-refractivity contribution in [2.24, 2.45) is 0 Å². The van der Waals surface area contributed by atoms with Gasteiger partial charge in [0.25, 0.3) is 15.9 Å². The topological polar surface area (TPSA) is 75.7 Å². The van der Waals surface area contributed by atoms with E-state index in [2.05, 4.69) is 5.32 Å². The first kappa shape index (κ1) is 21.9. The normalized spacial score (nSPS) is 11.3. The monoisotopic (exact) mass is 466 g/mol. The Morgan fingerprint density at radius 1 is 1.00 bits per heavy atom. The molecular weight excluding hydrogens is 444 g/mol. The van der Waals surface area contributed by atoms with E-state index in [0.717, 1.165) is 10.9 Å². The molecule has 0 saturated carbocycles. The minimum absolute atomic E-state index is 0.0892. The van der Waals surface area contributed by atoms with E-state index in [0.29, 0.717) is 23.5 Å². The lowest BCUT2D eigenvalue weighted by molar-refractivity contribution is 0.0951. The van der Waals surface area contributed by atoms with Gasteiger partial charge in [0.1, 0.15) is 5.75 Å². The fourth-order valence-corrected chi connectivity index (χ4v) is 5.57. The van der Waals surface area contributed by atoms with Gasteiger partial charge < -0.3 is 10.1 Å². The number of amides is 1. The summed E-state index contributed by atoms with van der Waals surface area (Å²) in [7, 11) is -0.853. The van der Waals surface area contributed by atoms with Crippen LogP contribution in [0.25, 0.3) is 10.1 Å². The van der Waals surface area contributed by atoms with Crippen LogP contribution in [0.3, 0.4) is 0 Å². The Labute approximate surface area is 191 Å².